The Kier molecular flexibility index (Phi) is 4.98. The zero-order chi connectivity index (χ0) is 10.4. The van der Waals surface area contributed by atoms with Crippen molar-refractivity contribution in [3.8, 4) is 0 Å². The number of hydrogen-bond donors (Lipinski definition) is 1. The molecule has 1 N–H and O–H groups in total. The Morgan fingerprint density at radius 3 is 3.00 bits per heavy atom. The number of rotatable bonds is 6. The maximum absolute atomic E-state index is 5.05. The zero-order valence-corrected chi connectivity index (χ0v) is 9.33. The fourth-order valence-corrected chi connectivity index (χ4v) is 1.89. The van der Waals surface area contributed by atoms with Crippen LogP contribution in [0.1, 0.15) is 19.8 Å². The Morgan fingerprint density at radius 2 is 2.43 bits per heavy atom. The molecule has 3 nitrogen and oxygen atoms in total. The molecule has 0 amide bonds. The summed E-state index contributed by atoms with van der Waals surface area (Å²) >= 11 is 0. The molecule has 3 heteroatoms. The summed E-state index contributed by atoms with van der Waals surface area (Å²) in [6, 6.07) is 1.38. The van der Waals surface area contributed by atoms with E-state index in [0.29, 0.717) is 6.04 Å². The predicted octanol–water partition coefficient (Wildman–Crippen LogP) is 1.22. The summed E-state index contributed by atoms with van der Waals surface area (Å²) in [5.41, 5.74) is 0. The highest BCUT2D eigenvalue weighted by Crippen LogP contribution is 2.14. The minimum absolute atomic E-state index is 0.665. The molecule has 1 heterocycles. The lowest BCUT2D eigenvalue weighted by Crippen LogP contribution is -2.32. The molecule has 2 atom stereocenters. The van der Waals surface area contributed by atoms with Gasteiger partial charge in [0.1, 0.15) is 0 Å². The van der Waals surface area contributed by atoms with Crippen LogP contribution in [0.3, 0.4) is 0 Å². The molecule has 0 spiro atoms. The van der Waals surface area contributed by atoms with Crippen LogP contribution in [-0.4, -0.2) is 43.7 Å². The lowest BCUT2D eigenvalue weighted by molar-refractivity contribution is 0.242. The standard InChI is InChI=1S/C11H22N2O/c1-4-14-7-5-6-12-11-8-10(2)13(3)9-11/h4,10-12H,1,5-9H2,2-3H3. The van der Waals surface area contributed by atoms with E-state index >= 15 is 0 Å². The third-order valence-electron chi connectivity index (χ3n) is 2.88. The van der Waals surface area contributed by atoms with Gasteiger partial charge in [-0.05, 0) is 33.4 Å². The van der Waals surface area contributed by atoms with Crippen molar-refractivity contribution in [2.24, 2.45) is 0 Å². The van der Waals surface area contributed by atoms with E-state index in [1.807, 2.05) is 0 Å². The second kappa shape index (κ2) is 6.04. The lowest BCUT2D eigenvalue weighted by Gasteiger charge is -2.13. The monoisotopic (exact) mass is 198 g/mol. The van der Waals surface area contributed by atoms with Crippen molar-refractivity contribution < 1.29 is 4.74 Å². The molecule has 2 unspecified atom stereocenters. The molecule has 1 aliphatic rings. The first-order valence-corrected chi connectivity index (χ1v) is 5.40. The van der Waals surface area contributed by atoms with Crippen molar-refractivity contribution >= 4 is 0 Å². The molecule has 0 aromatic carbocycles. The largest absolute Gasteiger partial charge is 0.502 e. The molecule has 0 aliphatic carbocycles. The molecule has 0 radical (unpaired) electrons. The van der Waals surface area contributed by atoms with Gasteiger partial charge in [-0.1, -0.05) is 6.58 Å². The Bertz CT molecular complexity index is 163. The third-order valence-corrected chi connectivity index (χ3v) is 2.88. The van der Waals surface area contributed by atoms with Crippen LogP contribution < -0.4 is 5.32 Å². The Balaban J connectivity index is 2.00. The highest BCUT2D eigenvalue weighted by molar-refractivity contribution is 4.84. The van der Waals surface area contributed by atoms with Crippen molar-refractivity contribution in [2.75, 3.05) is 26.7 Å². The molecule has 1 saturated heterocycles. The lowest BCUT2D eigenvalue weighted by atomic mass is 10.2. The third kappa shape index (κ3) is 3.68. The van der Waals surface area contributed by atoms with Crippen LogP contribution in [0, 0.1) is 0 Å². The Morgan fingerprint density at radius 1 is 1.64 bits per heavy atom. The topological polar surface area (TPSA) is 24.5 Å². The van der Waals surface area contributed by atoms with Crippen molar-refractivity contribution in [1.82, 2.24) is 10.2 Å². The van der Waals surface area contributed by atoms with Gasteiger partial charge in [-0.3, -0.25) is 0 Å². The van der Waals surface area contributed by atoms with E-state index in [4.69, 9.17) is 4.74 Å². The number of nitrogens with one attached hydrogen (secondary N) is 1. The predicted molar refractivity (Wildman–Crippen MR) is 59.3 cm³/mol. The quantitative estimate of drug-likeness (QED) is 0.513. The minimum Gasteiger partial charge on any atom is -0.502 e. The van der Waals surface area contributed by atoms with E-state index in [-0.39, 0.29) is 0 Å². The van der Waals surface area contributed by atoms with Gasteiger partial charge in [0.05, 0.1) is 12.9 Å². The molecule has 0 aromatic rings. The van der Waals surface area contributed by atoms with Crippen molar-refractivity contribution in [3.05, 3.63) is 12.8 Å². The first-order valence-electron chi connectivity index (χ1n) is 5.40. The number of likely N-dealkylation sites (N-methyl/N-ethyl adjacent to an activating group) is 1. The summed E-state index contributed by atoms with van der Waals surface area (Å²) in [5, 5.41) is 3.55. The van der Waals surface area contributed by atoms with Gasteiger partial charge in [0.2, 0.25) is 0 Å². The van der Waals surface area contributed by atoms with Crippen LogP contribution in [0.4, 0.5) is 0 Å². The molecule has 14 heavy (non-hydrogen) atoms. The molecular weight excluding hydrogens is 176 g/mol. The normalized spacial score (nSPS) is 27.9. The average Bonchev–Trinajstić information content (AvgIpc) is 2.46. The number of nitrogens with zero attached hydrogens (tertiary/aromatic N) is 1. The van der Waals surface area contributed by atoms with E-state index in [0.717, 1.165) is 25.6 Å². The Hall–Kier alpha value is -0.540. The van der Waals surface area contributed by atoms with Crippen molar-refractivity contribution in [2.45, 2.75) is 31.8 Å². The van der Waals surface area contributed by atoms with Gasteiger partial charge < -0.3 is 15.0 Å². The molecule has 0 saturated carbocycles. The molecule has 1 rings (SSSR count). The van der Waals surface area contributed by atoms with Gasteiger partial charge >= 0.3 is 0 Å². The smallest absolute Gasteiger partial charge is 0.0885 e. The van der Waals surface area contributed by atoms with Gasteiger partial charge in [0.15, 0.2) is 0 Å². The highest BCUT2D eigenvalue weighted by atomic mass is 16.5. The van der Waals surface area contributed by atoms with Gasteiger partial charge in [0.25, 0.3) is 0 Å². The van der Waals surface area contributed by atoms with Crippen LogP contribution in [0.15, 0.2) is 12.8 Å². The summed E-state index contributed by atoms with van der Waals surface area (Å²) < 4.78 is 5.05. The highest BCUT2D eigenvalue weighted by Gasteiger charge is 2.24. The maximum Gasteiger partial charge on any atom is 0.0885 e. The molecule has 0 bridgehead atoms. The van der Waals surface area contributed by atoms with Gasteiger partial charge in [0, 0.05) is 18.6 Å². The SMILES string of the molecule is C=COCCCNC1CC(C)N(C)C1. The Labute approximate surface area is 87.1 Å². The van der Waals surface area contributed by atoms with Crippen molar-refractivity contribution in [1.29, 1.82) is 0 Å². The average molecular weight is 198 g/mol. The summed E-state index contributed by atoms with van der Waals surface area (Å²) in [5.74, 6) is 0. The molecule has 82 valence electrons. The van der Waals surface area contributed by atoms with E-state index in [1.54, 1.807) is 0 Å². The summed E-state index contributed by atoms with van der Waals surface area (Å²) in [6.45, 7) is 8.77. The number of hydrogen-bond acceptors (Lipinski definition) is 3. The molecule has 1 aliphatic heterocycles. The summed E-state index contributed by atoms with van der Waals surface area (Å²) in [4.78, 5) is 2.40. The van der Waals surface area contributed by atoms with E-state index in [2.05, 4.69) is 30.8 Å². The second-order valence-electron chi connectivity index (χ2n) is 4.07. The van der Waals surface area contributed by atoms with Gasteiger partial charge in [-0.25, -0.2) is 0 Å². The van der Waals surface area contributed by atoms with E-state index < -0.39 is 0 Å². The van der Waals surface area contributed by atoms with Crippen LogP contribution in [-0.2, 0) is 4.74 Å². The van der Waals surface area contributed by atoms with Gasteiger partial charge in [-0.15, -0.1) is 0 Å². The van der Waals surface area contributed by atoms with Crippen molar-refractivity contribution in [3.63, 3.8) is 0 Å². The second-order valence-corrected chi connectivity index (χ2v) is 4.07. The number of ether oxygens (including phenoxy) is 1. The molecular formula is C11H22N2O. The van der Waals surface area contributed by atoms with Crippen LogP contribution in [0.2, 0.25) is 0 Å². The fourth-order valence-electron chi connectivity index (χ4n) is 1.89. The first kappa shape index (κ1) is 11.5. The van der Waals surface area contributed by atoms with E-state index in [1.165, 1.54) is 19.2 Å². The first-order chi connectivity index (χ1) is 6.74. The van der Waals surface area contributed by atoms with Crippen LogP contribution in [0.25, 0.3) is 0 Å². The van der Waals surface area contributed by atoms with Gasteiger partial charge in [-0.2, -0.15) is 0 Å². The number of likely N-dealkylation sites (tertiary alicyclic amines) is 1. The maximum atomic E-state index is 5.05. The molecule has 0 aromatic heterocycles. The minimum atomic E-state index is 0.665. The summed E-state index contributed by atoms with van der Waals surface area (Å²) in [7, 11) is 2.19. The molecule has 1 fully saturated rings. The summed E-state index contributed by atoms with van der Waals surface area (Å²) in [6.07, 6.45) is 3.82. The van der Waals surface area contributed by atoms with E-state index in [9.17, 15) is 0 Å². The van der Waals surface area contributed by atoms with Crippen LogP contribution in [0.5, 0.6) is 0 Å². The van der Waals surface area contributed by atoms with Crippen LogP contribution >= 0.6 is 0 Å². The zero-order valence-electron chi connectivity index (χ0n) is 9.33. The fraction of sp³-hybridized carbons (Fsp3) is 0.818.